The minimum absolute atomic E-state index is 0.0996. The van der Waals surface area contributed by atoms with Crippen molar-refractivity contribution < 1.29 is 14.7 Å². The van der Waals surface area contributed by atoms with Crippen LogP contribution in [0.1, 0.15) is 36.3 Å². The van der Waals surface area contributed by atoms with Gasteiger partial charge in [-0.1, -0.05) is 97.1 Å². The van der Waals surface area contributed by atoms with Crippen molar-refractivity contribution >= 4 is 34.0 Å². The summed E-state index contributed by atoms with van der Waals surface area (Å²) in [4.78, 5) is 27.3. The van der Waals surface area contributed by atoms with Crippen LogP contribution in [0.15, 0.2) is 120 Å². The highest BCUT2D eigenvalue weighted by Crippen LogP contribution is 2.58. The van der Waals surface area contributed by atoms with Gasteiger partial charge in [0.05, 0.1) is 17.0 Å². The molecule has 5 heteroatoms. The van der Waals surface area contributed by atoms with Gasteiger partial charge in [-0.2, -0.15) is 10.1 Å². The van der Waals surface area contributed by atoms with Gasteiger partial charge in [-0.3, -0.25) is 4.79 Å². The lowest BCUT2D eigenvalue weighted by Gasteiger charge is -2.44. The number of anilines is 1. The second-order valence-corrected chi connectivity index (χ2v) is 9.71. The van der Waals surface area contributed by atoms with E-state index in [1.807, 2.05) is 72.8 Å². The quantitative estimate of drug-likeness (QED) is 0.356. The summed E-state index contributed by atoms with van der Waals surface area (Å²) in [5.74, 6) is -1.99. The van der Waals surface area contributed by atoms with E-state index >= 15 is 0 Å². The molecule has 0 aromatic heterocycles. The summed E-state index contributed by atoms with van der Waals surface area (Å²) < 4.78 is 0. The lowest BCUT2D eigenvalue weighted by Crippen LogP contribution is -2.50. The molecule has 0 bridgehead atoms. The average molecular weight is 487 g/mol. The van der Waals surface area contributed by atoms with Crippen molar-refractivity contribution in [2.75, 3.05) is 5.01 Å². The Morgan fingerprint density at radius 3 is 2.22 bits per heavy atom. The maximum atomic E-state index is 14.5. The molecule has 1 heterocycles. The van der Waals surface area contributed by atoms with Gasteiger partial charge in [0.1, 0.15) is 5.41 Å². The molecule has 0 saturated carbocycles. The van der Waals surface area contributed by atoms with E-state index < -0.39 is 17.3 Å². The third-order valence-electron chi connectivity index (χ3n) is 7.81. The molecule has 182 valence electrons. The molecule has 1 aliphatic carbocycles. The van der Waals surface area contributed by atoms with Crippen LogP contribution in [0.25, 0.3) is 10.8 Å². The molecule has 4 aromatic rings. The monoisotopic (exact) mass is 486 g/mol. The third kappa shape index (κ3) is 3.50. The number of carbonyl (C=O) groups is 2. The van der Waals surface area contributed by atoms with Crippen molar-refractivity contribution in [2.24, 2.45) is 10.5 Å². The zero-order valence-corrected chi connectivity index (χ0v) is 20.4. The summed E-state index contributed by atoms with van der Waals surface area (Å²) in [5, 5.41) is 18.7. The number of nitrogens with zero attached hydrogens (tertiary/aromatic N) is 2. The van der Waals surface area contributed by atoms with Crippen molar-refractivity contribution in [3.8, 4) is 0 Å². The number of aliphatic carboxylic acids is 1. The van der Waals surface area contributed by atoms with E-state index in [0.29, 0.717) is 17.8 Å². The van der Waals surface area contributed by atoms with Gasteiger partial charge in [-0.05, 0) is 53.3 Å². The number of hydrogen-bond donors (Lipinski definition) is 1. The second-order valence-electron chi connectivity index (χ2n) is 9.71. The van der Waals surface area contributed by atoms with Crippen LogP contribution in [0.3, 0.4) is 0 Å². The molecule has 0 fully saturated rings. The highest BCUT2D eigenvalue weighted by atomic mass is 16.4. The van der Waals surface area contributed by atoms with Crippen LogP contribution < -0.4 is 5.01 Å². The van der Waals surface area contributed by atoms with Crippen LogP contribution in [0, 0.1) is 5.41 Å². The van der Waals surface area contributed by atoms with Crippen LogP contribution in [0.5, 0.6) is 0 Å². The van der Waals surface area contributed by atoms with Crippen LogP contribution in [-0.4, -0.2) is 22.7 Å². The molecule has 3 unspecified atom stereocenters. The van der Waals surface area contributed by atoms with Gasteiger partial charge >= 0.3 is 5.97 Å². The summed E-state index contributed by atoms with van der Waals surface area (Å²) >= 11 is 0. The van der Waals surface area contributed by atoms with Crippen LogP contribution in [0.4, 0.5) is 5.69 Å². The zero-order chi connectivity index (χ0) is 25.6. The summed E-state index contributed by atoms with van der Waals surface area (Å²) in [5.41, 5.74) is 1.77. The van der Waals surface area contributed by atoms with Crippen molar-refractivity contribution in [3.05, 3.63) is 126 Å². The number of hydrogen-bond acceptors (Lipinski definition) is 3. The number of rotatable bonds is 4. The Morgan fingerprint density at radius 2 is 1.51 bits per heavy atom. The predicted octanol–water partition coefficient (Wildman–Crippen LogP) is 6.53. The minimum Gasteiger partial charge on any atom is -0.478 e. The smallest absolute Gasteiger partial charge is 0.332 e. The number of benzene rings is 4. The maximum absolute atomic E-state index is 14.5. The summed E-state index contributed by atoms with van der Waals surface area (Å²) in [6, 6.07) is 33.6. The predicted molar refractivity (Wildman–Crippen MR) is 146 cm³/mol. The van der Waals surface area contributed by atoms with E-state index in [0.717, 1.165) is 21.9 Å². The minimum atomic E-state index is -1.44. The molecule has 1 N–H and O–H groups in total. The zero-order valence-electron chi connectivity index (χ0n) is 20.4. The summed E-state index contributed by atoms with van der Waals surface area (Å²) in [6.07, 6.45) is 2.25. The van der Waals surface area contributed by atoms with Crippen molar-refractivity contribution in [1.29, 1.82) is 0 Å². The molecule has 3 atom stereocenters. The standard InChI is InChI=1S/C32H26N2O3/c1-21-32(31(37)34(33-21)26-14-6-3-7-15-26)28(30(35)36)19-18-27(23-11-4-2-5-12-23)29(32)25-17-16-22-10-8-9-13-24(22)20-25/h2-17,19-20,27,29H,18H2,1H3,(H,35,36). The van der Waals surface area contributed by atoms with Crippen LogP contribution in [-0.2, 0) is 9.59 Å². The van der Waals surface area contributed by atoms with Crippen LogP contribution >= 0.6 is 0 Å². The number of carboxylic acids is 1. The highest BCUT2D eigenvalue weighted by molar-refractivity contribution is 6.25. The van der Waals surface area contributed by atoms with Gasteiger partial charge in [0, 0.05) is 5.92 Å². The second kappa shape index (κ2) is 8.86. The van der Waals surface area contributed by atoms with E-state index in [2.05, 4.69) is 30.3 Å². The molecule has 0 radical (unpaired) electrons. The lowest BCUT2D eigenvalue weighted by molar-refractivity contribution is -0.136. The summed E-state index contributed by atoms with van der Waals surface area (Å²) in [7, 11) is 0. The van der Waals surface area contributed by atoms with E-state index in [1.54, 1.807) is 13.0 Å². The van der Waals surface area contributed by atoms with Gasteiger partial charge in [-0.25, -0.2) is 4.79 Å². The van der Waals surface area contributed by atoms with Gasteiger partial charge in [0.15, 0.2) is 0 Å². The Kier molecular flexibility index (Phi) is 5.49. The number of amides is 1. The van der Waals surface area contributed by atoms with Gasteiger partial charge < -0.3 is 5.11 Å². The number of carbonyl (C=O) groups excluding carboxylic acids is 1. The third-order valence-corrected chi connectivity index (χ3v) is 7.81. The Hall–Kier alpha value is -4.51. The average Bonchev–Trinajstić information content (AvgIpc) is 3.19. The Morgan fingerprint density at radius 1 is 0.865 bits per heavy atom. The first-order valence-corrected chi connectivity index (χ1v) is 12.4. The van der Waals surface area contributed by atoms with E-state index in [4.69, 9.17) is 5.10 Å². The fraction of sp³-hybridized carbons (Fsp3) is 0.156. The van der Waals surface area contributed by atoms with E-state index in [1.165, 1.54) is 5.01 Å². The van der Waals surface area contributed by atoms with Crippen molar-refractivity contribution in [3.63, 3.8) is 0 Å². The van der Waals surface area contributed by atoms with Gasteiger partial charge in [-0.15, -0.1) is 0 Å². The van der Waals surface area contributed by atoms with E-state index in [9.17, 15) is 14.7 Å². The number of hydrazone groups is 1. The molecule has 1 amide bonds. The SMILES string of the molecule is CC1=NN(c2ccccc2)C(=O)C12C(C(=O)O)=CCC(c1ccccc1)C2c1ccc2ccccc2c1. The molecule has 37 heavy (non-hydrogen) atoms. The maximum Gasteiger partial charge on any atom is 0.332 e. The van der Waals surface area contributed by atoms with E-state index in [-0.39, 0.29) is 17.4 Å². The largest absolute Gasteiger partial charge is 0.478 e. The number of carboxylic acid groups (broad SMARTS) is 1. The number of allylic oxidation sites excluding steroid dienone is 1. The first-order chi connectivity index (χ1) is 18.0. The molecule has 1 aliphatic heterocycles. The lowest BCUT2D eigenvalue weighted by atomic mass is 9.55. The first-order valence-electron chi connectivity index (χ1n) is 12.4. The molecular formula is C32H26N2O3. The molecular weight excluding hydrogens is 460 g/mol. The van der Waals surface area contributed by atoms with Crippen LogP contribution in [0.2, 0.25) is 0 Å². The number of fused-ring (bicyclic) bond motifs is 1. The normalized spacial score (nSPS) is 23.3. The molecule has 0 saturated heterocycles. The molecule has 5 nitrogen and oxygen atoms in total. The van der Waals surface area contributed by atoms with Gasteiger partial charge in [0.25, 0.3) is 5.91 Å². The van der Waals surface area contributed by atoms with Crippen molar-refractivity contribution in [2.45, 2.75) is 25.2 Å². The molecule has 1 spiro atoms. The molecule has 2 aliphatic rings. The Bertz CT molecular complexity index is 1580. The van der Waals surface area contributed by atoms with Gasteiger partial charge in [0.2, 0.25) is 0 Å². The van der Waals surface area contributed by atoms with Crippen molar-refractivity contribution in [1.82, 2.24) is 0 Å². The Labute approximate surface area is 215 Å². The fourth-order valence-electron chi connectivity index (χ4n) is 6.19. The summed E-state index contributed by atoms with van der Waals surface area (Å²) in [6.45, 7) is 1.79. The first kappa shape index (κ1) is 22.9. The molecule has 6 rings (SSSR count). The topological polar surface area (TPSA) is 70.0 Å². The molecule has 4 aromatic carbocycles. The Balaban J connectivity index is 1.63. The number of para-hydroxylation sites is 1. The fourth-order valence-corrected chi connectivity index (χ4v) is 6.19. The highest BCUT2D eigenvalue weighted by Gasteiger charge is 2.62.